The molecular weight excluding hydrogens is 362 g/mol. The van der Waals surface area contributed by atoms with Crippen LogP contribution in [0.15, 0.2) is 78.9 Å². The highest BCUT2D eigenvalue weighted by atomic mass is 16.5. The molecule has 0 saturated heterocycles. The maximum absolute atomic E-state index is 12.7. The minimum atomic E-state index is -0.222. The molecular formula is C25H25NO3. The van der Waals surface area contributed by atoms with Crippen LogP contribution in [0.4, 0.5) is 0 Å². The Morgan fingerprint density at radius 1 is 0.897 bits per heavy atom. The standard InChI is InChI=1S/C25H25NO3/c1-18-9-7-8-12-21(18)25(20-10-5-4-6-11-20)26-24(27)16-14-19-13-15-22(28-2)23(17-19)29-3/h4-17,25H,1-3H3,(H,26,27)/b16-14+/t25-/m0/s1. The van der Waals surface area contributed by atoms with Crippen LogP contribution in [0, 0.1) is 6.92 Å². The van der Waals surface area contributed by atoms with Crippen LogP contribution < -0.4 is 14.8 Å². The summed E-state index contributed by atoms with van der Waals surface area (Å²) in [5.41, 5.74) is 4.09. The van der Waals surface area contributed by atoms with Gasteiger partial charge in [-0.15, -0.1) is 0 Å². The summed E-state index contributed by atoms with van der Waals surface area (Å²) in [5, 5.41) is 3.13. The van der Waals surface area contributed by atoms with E-state index in [-0.39, 0.29) is 11.9 Å². The van der Waals surface area contributed by atoms with Crippen molar-refractivity contribution in [1.29, 1.82) is 0 Å². The molecule has 0 aromatic heterocycles. The van der Waals surface area contributed by atoms with Gasteiger partial charge in [-0.3, -0.25) is 4.79 Å². The van der Waals surface area contributed by atoms with Crippen molar-refractivity contribution in [1.82, 2.24) is 5.32 Å². The minimum absolute atomic E-state index is 0.170. The Balaban J connectivity index is 1.82. The summed E-state index contributed by atoms with van der Waals surface area (Å²) < 4.78 is 10.6. The van der Waals surface area contributed by atoms with Crippen molar-refractivity contribution in [3.63, 3.8) is 0 Å². The molecule has 0 aliphatic carbocycles. The second-order valence-corrected chi connectivity index (χ2v) is 6.66. The van der Waals surface area contributed by atoms with Crippen molar-refractivity contribution in [2.75, 3.05) is 14.2 Å². The van der Waals surface area contributed by atoms with E-state index in [1.165, 1.54) is 6.08 Å². The van der Waals surface area contributed by atoms with E-state index in [1.54, 1.807) is 20.3 Å². The molecule has 1 N–H and O–H groups in total. The number of rotatable bonds is 7. The summed E-state index contributed by atoms with van der Waals surface area (Å²) in [6.45, 7) is 2.05. The summed E-state index contributed by atoms with van der Waals surface area (Å²) in [5.74, 6) is 1.10. The van der Waals surface area contributed by atoms with Crippen molar-refractivity contribution >= 4 is 12.0 Å². The zero-order valence-electron chi connectivity index (χ0n) is 16.9. The summed E-state index contributed by atoms with van der Waals surface area (Å²) in [7, 11) is 3.18. The van der Waals surface area contributed by atoms with Gasteiger partial charge in [0.1, 0.15) is 0 Å². The number of hydrogen-bond acceptors (Lipinski definition) is 3. The second-order valence-electron chi connectivity index (χ2n) is 6.66. The van der Waals surface area contributed by atoms with Crippen LogP contribution in [0.1, 0.15) is 28.3 Å². The van der Waals surface area contributed by atoms with E-state index >= 15 is 0 Å². The van der Waals surface area contributed by atoms with Crippen molar-refractivity contribution in [2.45, 2.75) is 13.0 Å². The Kier molecular flexibility index (Phi) is 6.69. The smallest absolute Gasteiger partial charge is 0.244 e. The van der Waals surface area contributed by atoms with Crippen LogP contribution in [-0.4, -0.2) is 20.1 Å². The van der Waals surface area contributed by atoms with Gasteiger partial charge in [0.25, 0.3) is 0 Å². The number of nitrogens with one attached hydrogen (secondary N) is 1. The molecule has 0 aliphatic heterocycles. The Morgan fingerprint density at radius 2 is 1.59 bits per heavy atom. The Morgan fingerprint density at radius 3 is 2.28 bits per heavy atom. The van der Waals surface area contributed by atoms with E-state index in [0.717, 1.165) is 22.3 Å². The molecule has 148 valence electrons. The van der Waals surface area contributed by atoms with Crippen LogP contribution >= 0.6 is 0 Å². The number of carbonyl (C=O) groups is 1. The van der Waals surface area contributed by atoms with Gasteiger partial charge in [0.15, 0.2) is 11.5 Å². The van der Waals surface area contributed by atoms with E-state index in [0.29, 0.717) is 11.5 Å². The lowest BCUT2D eigenvalue weighted by Gasteiger charge is -2.21. The largest absolute Gasteiger partial charge is 0.493 e. The molecule has 0 fully saturated rings. The lowest BCUT2D eigenvalue weighted by Crippen LogP contribution is -2.28. The van der Waals surface area contributed by atoms with Crippen LogP contribution in [0.5, 0.6) is 11.5 Å². The molecule has 4 nitrogen and oxygen atoms in total. The fourth-order valence-corrected chi connectivity index (χ4v) is 3.22. The lowest BCUT2D eigenvalue weighted by atomic mass is 9.95. The molecule has 0 spiro atoms. The van der Waals surface area contributed by atoms with E-state index in [2.05, 4.69) is 18.3 Å². The zero-order chi connectivity index (χ0) is 20.6. The highest BCUT2D eigenvalue weighted by Gasteiger charge is 2.17. The molecule has 29 heavy (non-hydrogen) atoms. The molecule has 1 atom stereocenters. The molecule has 0 aliphatic rings. The average Bonchev–Trinajstić information content (AvgIpc) is 2.77. The van der Waals surface area contributed by atoms with E-state index in [1.807, 2.05) is 66.7 Å². The first-order chi connectivity index (χ1) is 14.1. The van der Waals surface area contributed by atoms with Gasteiger partial charge >= 0.3 is 0 Å². The molecule has 3 aromatic rings. The van der Waals surface area contributed by atoms with Gasteiger partial charge in [0.2, 0.25) is 5.91 Å². The molecule has 4 heteroatoms. The van der Waals surface area contributed by atoms with Crippen molar-refractivity contribution in [2.24, 2.45) is 0 Å². The molecule has 0 bridgehead atoms. The predicted octanol–water partition coefficient (Wildman–Crippen LogP) is 4.93. The first-order valence-corrected chi connectivity index (χ1v) is 9.43. The summed E-state index contributed by atoms with van der Waals surface area (Å²) in [6.07, 6.45) is 3.30. The second kappa shape index (κ2) is 9.60. The minimum Gasteiger partial charge on any atom is -0.493 e. The van der Waals surface area contributed by atoms with Crippen LogP contribution in [0.25, 0.3) is 6.08 Å². The predicted molar refractivity (Wildman–Crippen MR) is 116 cm³/mol. The zero-order valence-corrected chi connectivity index (χ0v) is 16.9. The van der Waals surface area contributed by atoms with Gasteiger partial charge in [-0.1, -0.05) is 60.7 Å². The number of benzene rings is 3. The third-order valence-corrected chi connectivity index (χ3v) is 4.75. The normalized spacial score (nSPS) is 11.8. The molecule has 0 saturated carbocycles. The van der Waals surface area contributed by atoms with Crippen molar-refractivity contribution < 1.29 is 14.3 Å². The van der Waals surface area contributed by atoms with Gasteiger partial charge in [-0.05, 0) is 47.4 Å². The van der Waals surface area contributed by atoms with E-state index < -0.39 is 0 Å². The molecule has 3 rings (SSSR count). The maximum Gasteiger partial charge on any atom is 0.244 e. The van der Waals surface area contributed by atoms with Gasteiger partial charge < -0.3 is 14.8 Å². The quantitative estimate of drug-likeness (QED) is 0.585. The van der Waals surface area contributed by atoms with Gasteiger partial charge in [0.05, 0.1) is 20.3 Å². The average molecular weight is 387 g/mol. The molecule has 0 heterocycles. The lowest BCUT2D eigenvalue weighted by molar-refractivity contribution is -0.116. The number of ether oxygens (including phenoxy) is 2. The SMILES string of the molecule is COc1ccc(/C=C/C(=O)N[C@@H](c2ccccc2)c2ccccc2C)cc1OC. The maximum atomic E-state index is 12.7. The number of methoxy groups -OCH3 is 2. The van der Waals surface area contributed by atoms with Crippen molar-refractivity contribution in [3.05, 3.63) is 101 Å². The fraction of sp³-hybridized carbons (Fsp3) is 0.160. The molecule has 3 aromatic carbocycles. The Hall–Kier alpha value is -3.53. The number of hydrogen-bond donors (Lipinski definition) is 1. The van der Waals surface area contributed by atoms with Crippen LogP contribution in [-0.2, 0) is 4.79 Å². The highest BCUT2D eigenvalue weighted by molar-refractivity contribution is 5.92. The third-order valence-electron chi connectivity index (χ3n) is 4.75. The first-order valence-electron chi connectivity index (χ1n) is 9.43. The summed E-state index contributed by atoms with van der Waals surface area (Å²) in [6, 6.07) is 23.4. The van der Waals surface area contributed by atoms with Crippen molar-refractivity contribution in [3.8, 4) is 11.5 Å². The molecule has 1 amide bonds. The van der Waals surface area contributed by atoms with Crippen LogP contribution in [0.2, 0.25) is 0 Å². The van der Waals surface area contributed by atoms with Gasteiger partial charge in [-0.25, -0.2) is 0 Å². The fourth-order valence-electron chi connectivity index (χ4n) is 3.22. The van der Waals surface area contributed by atoms with E-state index in [9.17, 15) is 4.79 Å². The van der Waals surface area contributed by atoms with E-state index in [4.69, 9.17) is 9.47 Å². The number of aryl methyl sites for hydroxylation is 1. The summed E-state index contributed by atoms with van der Waals surface area (Å²) in [4.78, 5) is 12.7. The first kappa shape index (κ1) is 20.2. The topological polar surface area (TPSA) is 47.6 Å². The number of amides is 1. The number of carbonyl (C=O) groups excluding carboxylic acids is 1. The Labute approximate surface area is 171 Å². The van der Waals surface area contributed by atoms with Gasteiger partial charge in [-0.2, -0.15) is 0 Å². The summed E-state index contributed by atoms with van der Waals surface area (Å²) >= 11 is 0. The van der Waals surface area contributed by atoms with Gasteiger partial charge in [0, 0.05) is 6.08 Å². The highest BCUT2D eigenvalue weighted by Crippen LogP contribution is 2.28. The molecule has 0 radical (unpaired) electrons. The van der Waals surface area contributed by atoms with Crippen LogP contribution in [0.3, 0.4) is 0 Å². The Bertz CT molecular complexity index is 996. The monoisotopic (exact) mass is 387 g/mol. The molecule has 0 unspecified atom stereocenters. The third kappa shape index (κ3) is 5.05.